The molecule has 1 fully saturated rings. The van der Waals surface area contributed by atoms with E-state index in [1.165, 1.54) is 21.3 Å². The number of carbonyl (C=O) groups is 2. The second-order valence-electron chi connectivity index (χ2n) is 6.36. The molecule has 0 aromatic heterocycles. The highest BCUT2D eigenvalue weighted by atomic mass is 16.5. The van der Waals surface area contributed by atoms with Crippen molar-refractivity contribution in [2.24, 2.45) is 5.41 Å². The van der Waals surface area contributed by atoms with Crippen molar-refractivity contribution in [1.82, 2.24) is 5.32 Å². The van der Waals surface area contributed by atoms with Gasteiger partial charge in [-0.1, -0.05) is 6.42 Å². The quantitative estimate of drug-likeness (QED) is 0.747. The smallest absolute Gasteiger partial charge is 0.310 e. The summed E-state index contributed by atoms with van der Waals surface area (Å²) in [4.78, 5) is 23.7. The van der Waals surface area contributed by atoms with E-state index in [0.29, 0.717) is 30.1 Å². The van der Waals surface area contributed by atoms with Crippen LogP contribution in [-0.4, -0.2) is 38.3 Å². The molecule has 0 heterocycles. The monoisotopic (exact) mass is 351 g/mol. The van der Waals surface area contributed by atoms with Crippen LogP contribution in [0, 0.1) is 5.41 Å². The lowest BCUT2D eigenvalue weighted by atomic mass is 9.66. The molecule has 1 aromatic rings. The van der Waals surface area contributed by atoms with Gasteiger partial charge in [0.15, 0.2) is 11.5 Å². The minimum Gasteiger partial charge on any atom is -0.493 e. The van der Waals surface area contributed by atoms with Crippen LogP contribution in [0.15, 0.2) is 12.1 Å². The molecule has 1 unspecified atom stereocenters. The van der Waals surface area contributed by atoms with E-state index < -0.39 is 11.4 Å². The number of methoxy groups -OCH3 is 3. The fourth-order valence-corrected chi connectivity index (χ4v) is 3.10. The topological polar surface area (TPSA) is 94.1 Å². The molecule has 7 nitrogen and oxygen atoms in total. The summed E-state index contributed by atoms with van der Waals surface area (Å²) in [5.74, 6) is 0.308. The molecule has 0 radical (unpaired) electrons. The third kappa shape index (κ3) is 3.81. The number of aliphatic carboxylic acids is 1. The Hall–Kier alpha value is -2.44. The molecule has 138 valence electrons. The Labute approximate surface area is 147 Å². The summed E-state index contributed by atoms with van der Waals surface area (Å²) >= 11 is 0. The van der Waals surface area contributed by atoms with Crippen molar-refractivity contribution in [1.29, 1.82) is 0 Å². The summed E-state index contributed by atoms with van der Waals surface area (Å²) in [5.41, 5.74) is -0.125. The van der Waals surface area contributed by atoms with E-state index in [0.717, 1.165) is 12.0 Å². The van der Waals surface area contributed by atoms with Crippen LogP contribution in [0.25, 0.3) is 0 Å². The largest absolute Gasteiger partial charge is 0.493 e. The van der Waals surface area contributed by atoms with Gasteiger partial charge in [0.2, 0.25) is 11.7 Å². The summed E-state index contributed by atoms with van der Waals surface area (Å²) < 4.78 is 15.9. The van der Waals surface area contributed by atoms with Crippen LogP contribution in [0.5, 0.6) is 17.2 Å². The number of hydrogen-bond donors (Lipinski definition) is 2. The number of rotatable bonds is 8. The Balaban J connectivity index is 2.13. The minimum atomic E-state index is -0.904. The first kappa shape index (κ1) is 18.9. The van der Waals surface area contributed by atoms with E-state index >= 15 is 0 Å². The third-order valence-corrected chi connectivity index (χ3v) is 4.83. The van der Waals surface area contributed by atoms with Crippen LogP contribution in [0.4, 0.5) is 0 Å². The molecule has 0 saturated heterocycles. The van der Waals surface area contributed by atoms with Crippen LogP contribution in [0.2, 0.25) is 0 Å². The Morgan fingerprint density at radius 3 is 2.08 bits per heavy atom. The van der Waals surface area contributed by atoms with Gasteiger partial charge in [-0.2, -0.15) is 0 Å². The molecule has 1 aliphatic carbocycles. The zero-order valence-electron chi connectivity index (χ0n) is 15.0. The van der Waals surface area contributed by atoms with Crippen molar-refractivity contribution >= 4 is 11.9 Å². The zero-order chi connectivity index (χ0) is 18.6. The molecule has 1 saturated carbocycles. The number of carbonyl (C=O) groups excluding carboxylic acids is 1. The second-order valence-corrected chi connectivity index (χ2v) is 6.36. The normalized spacial score (nSPS) is 16.3. The van der Waals surface area contributed by atoms with E-state index in [9.17, 15) is 14.7 Å². The molecule has 1 amide bonds. The predicted molar refractivity (Wildman–Crippen MR) is 91.2 cm³/mol. The van der Waals surface area contributed by atoms with Gasteiger partial charge in [-0.05, 0) is 37.5 Å². The zero-order valence-corrected chi connectivity index (χ0v) is 15.0. The summed E-state index contributed by atoms with van der Waals surface area (Å²) in [7, 11) is 4.57. The number of carboxylic acid groups (broad SMARTS) is 1. The third-order valence-electron chi connectivity index (χ3n) is 4.83. The molecule has 1 atom stereocenters. The standard InChI is InChI=1S/C18H25NO6/c1-11(19-15(20)10-18(17(21)22)6-5-7-18)12-8-13(23-2)16(25-4)14(9-12)24-3/h8-9,11H,5-7,10H2,1-4H3,(H,19,20)(H,21,22). The SMILES string of the molecule is COc1cc(C(C)NC(=O)CC2(C(=O)O)CCC2)cc(OC)c1OC. The maximum atomic E-state index is 12.3. The van der Waals surface area contributed by atoms with E-state index in [2.05, 4.69) is 5.32 Å². The first-order valence-electron chi connectivity index (χ1n) is 8.19. The van der Waals surface area contributed by atoms with Crippen LogP contribution < -0.4 is 19.5 Å². The average molecular weight is 351 g/mol. The van der Waals surface area contributed by atoms with Crippen molar-refractivity contribution in [3.8, 4) is 17.2 Å². The van der Waals surface area contributed by atoms with E-state index in [-0.39, 0.29) is 18.4 Å². The maximum absolute atomic E-state index is 12.3. The summed E-state index contributed by atoms with van der Waals surface area (Å²) in [6, 6.07) is 3.21. The molecule has 25 heavy (non-hydrogen) atoms. The van der Waals surface area contributed by atoms with Gasteiger partial charge in [0.25, 0.3) is 0 Å². The Morgan fingerprint density at radius 1 is 1.16 bits per heavy atom. The summed E-state index contributed by atoms with van der Waals surface area (Å²) in [6.45, 7) is 1.83. The first-order valence-corrected chi connectivity index (χ1v) is 8.19. The lowest BCUT2D eigenvalue weighted by Crippen LogP contribution is -2.43. The number of hydrogen-bond acceptors (Lipinski definition) is 5. The number of ether oxygens (including phenoxy) is 3. The Morgan fingerprint density at radius 2 is 1.72 bits per heavy atom. The molecule has 1 aliphatic rings. The van der Waals surface area contributed by atoms with Crippen molar-refractivity contribution in [3.05, 3.63) is 17.7 Å². The molecule has 0 aliphatic heterocycles. The van der Waals surface area contributed by atoms with Crippen LogP contribution >= 0.6 is 0 Å². The van der Waals surface area contributed by atoms with Gasteiger partial charge in [-0.25, -0.2) is 0 Å². The molecule has 0 spiro atoms. The minimum absolute atomic E-state index is 0.00288. The van der Waals surface area contributed by atoms with Gasteiger partial charge >= 0.3 is 5.97 Å². The molecule has 2 rings (SSSR count). The van der Waals surface area contributed by atoms with Crippen molar-refractivity contribution in [3.63, 3.8) is 0 Å². The molecule has 2 N–H and O–H groups in total. The van der Waals surface area contributed by atoms with Gasteiger partial charge in [0.1, 0.15) is 0 Å². The number of benzene rings is 1. The van der Waals surface area contributed by atoms with Gasteiger partial charge in [-0.15, -0.1) is 0 Å². The lowest BCUT2D eigenvalue weighted by Gasteiger charge is -2.37. The van der Waals surface area contributed by atoms with Gasteiger partial charge in [-0.3, -0.25) is 9.59 Å². The fraction of sp³-hybridized carbons (Fsp3) is 0.556. The van der Waals surface area contributed by atoms with Crippen LogP contribution in [0.1, 0.15) is 44.2 Å². The predicted octanol–water partition coefficient (Wildman–Crippen LogP) is 2.53. The maximum Gasteiger partial charge on any atom is 0.310 e. The highest BCUT2D eigenvalue weighted by Crippen LogP contribution is 2.44. The van der Waals surface area contributed by atoms with Gasteiger partial charge < -0.3 is 24.6 Å². The lowest BCUT2D eigenvalue weighted by molar-refractivity contribution is -0.157. The van der Waals surface area contributed by atoms with Gasteiger partial charge in [0.05, 0.1) is 32.8 Å². The van der Waals surface area contributed by atoms with E-state index in [1.807, 2.05) is 6.92 Å². The Bertz CT molecular complexity index is 628. The van der Waals surface area contributed by atoms with Gasteiger partial charge in [0, 0.05) is 6.42 Å². The number of nitrogens with one attached hydrogen (secondary N) is 1. The van der Waals surface area contributed by atoms with E-state index in [1.54, 1.807) is 12.1 Å². The first-order chi connectivity index (χ1) is 11.9. The fourth-order valence-electron chi connectivity index (χ4n) is 3.10. The van der Waals surface area contributed by atoms with Crippen LogP contribution in [-0.2, 0) is 9.59 Å². The number of carboxylic acids is 1. The highest BCUT2D eigenvalue weighted by Gasteiger charge is 2.46. The molecular weight excluding hydrogens is 326 g/mol. The summed E-state index contributed by atoms with van der Waals surface area (Å²) in [5, 5.41) is 12.2. The van der Waals surface area contributed by atoms with Crippen molar-refractivity contribution in [2.75, 3.05) is 21.3 Å². The van der Waals surface area contributed by atoms with E-state index in [4.69, 9.17) is 14.2 Å². The van der Waals surface area contributed by atoms with Crippen LogP contribution in [0.3, 0.4) is 0 Å². The molecule has 7 heteroatoms. The Kier molecular flexibility index (Phi) is 5.77. The van der Waals surface area contributed by atoms with Crippen molar-refractivity contribution < 1.29 is 28.9 Å². The summed E-state index contributed by atoms with van der Waals surface area (Å²) in [6.07, 6.45) is 1.95. The molecular formula is C18H25NO6. The second kappa shape index (κ2) is 7.63. The molecule has 0 bridgehead atoms. The van der Waals surface area contributed by atoms with Crippen molar-refractivity contribution in [2.45, 2.75) is 38.6 Å². The highest BCUT2D eigenvalue weighted by molar-refractivity contribution is 5.85. The number of amides is 1. The average Bonchev–Trinajstić information content (AvgIpc) is 2.56. The molecule has 1 aromatic carbocycles.